The summed E-state index contributed by atoms with van der Waals surface area (Å²) in [4.78, 5) is 4.16. The minimum atomic E-state index is -3.67. The molecule has 0 unspecified atom stereocenters. The summed E-state index contributed by atoms with van der Waals surface area (Å²) in [7, 11) is -3.67. The zero-order valence-electron chi connectivity index (χ0n) is 10.1. The Bertz CT molecular complexity index is 699. The van der Waals surface area contributed by atoms with Crippen LogP contribution in [-0.2, 0) is 10.0 Å². The predicted molar refractivity (Wildman–Crippen MR) is 78.3 cm³/mol. The third-order valence-corrected chi connectivity index (χ3v) is 4.77. The molecule has 0 bridgehead atoms. The maximum absolute atomic E-state index is 12.2. The van der Waals surface area contributed by atoms with Crippen LogP contribution in [0.15, 0.2) is 45.9 Å². The van der Waals surface area contributed by atoms with Gasteiger partial charge in [0.1, 0.15) is 4.90 Å². The number of nitrogens with two attached hydrogens (primary N) is 1. The van der Waals surface area contributed by atoms with Gasteiger partial charge in [0.05, 0.1) is 11.9 Å². The summed E-state index contributed by atoms with van der Waals surface area (Å²) in [6.45, 7) is 1.83. The molecular formula is C12H12BrN3O2S. The van der Waals surface area contributed by atoms with Gasteiger partial charge in [-0.3, -0.25) is 9.71 Å². The molecule has 2 rings (SSSR count). The number of aryl methyl sites for hydroxylation is 1. The number of benzene rings is 1. The average molecular weight is 342 g/mol. The van der Waals surface area contributed by atoms with Crippen molar-refractivity contribution in [2.45, 2.75) is 11.8 Å². The lowest BCUT2D eigenvalue weighted by Crippen LogP contribution is -2.13. The number of halogens is 1. The lowest BCUT2D eigenvalue weighted by Gasteiger charge is -2.10. The summed E-state index contributed by atoms with van der Waals surface area (Å²) in [6, 6.07) is 7.92. The Morgan fingerprint density at radius 3 is 2.58 bits per heavy atom. The van der Waals surface area contributed by atoms with Gasteiger partial charge in [0.25, 0.3) is 10.0 Å². The number of nitrogens with zero attached hydrogens (tertiary/aromatic N) is 1. The molecule has 0 aliphatic carbocycles. The molecule has 0 aliphatic rings. The second-order valence-corrected chi connectivity index (χ2v) is 6.49. The Hall–Kier alpha value is -1.60. The van der Waals surface area contributed by atoms with Crippen LogP contribution in [0.4, 0.5) is 11.4 Å². The Labute approximate surface area is 120 Å². The molecule has 19 heavy (non-hydrogen) atoms. The molecular weight excluding hydrogens is 330 g/mol. The highest BCUT2D eigenvalue weighted by Crippen LogP contribution is 2.26. The van der Waals surface area contributed by atoms with Gasteiger partial charge in [0.2, 0.25) is 0 Å². The molecule has 0 amide bonds. The smallest absolute Gasteiger partial charge is 0.263 e. The lowest BCUT2D eigenvalue weighted by atomic mass is 10.3. The first-order valence-corrected chi connectivity index (χ1v) is 7.66. The number of nitrogens with one attached hydrogen (secondary N) is 1. The first-order chi connectivity index (χ1) is 8.88. The second kappa shape index (κ2) is 5.18. The Kier molecular flexibility index (Phi) is 3.77. The molecule has 0 radical (unpaired) electrons. The molecule has 0 spiro atoms. The van der Waals surface area contributed by atoms with Crippen molar-refractivity contribution in [2.24, 2.45) is 0 Å². The van der Waals surface area contributed by atoms with Gasteiger partial charge in [-0.15, -0.1) is 0 Å². The van der Waals surface area contributed by atoms with Crippen LogP contribution in [0.3, 0.4) is 0 Å². The Morgan fingerprint density at radius 1 is 1.26 bits per heavy atom. The van der Waals surface area contributed by atoms with Crippen molar-refractivity contribution in [3.8, 4) is 0 Å². The van der Waals surface area contributed by atoms with Crippen LogP contribution in [-0.4, -0.2) is 13.4 Å². The van der Waals surface area contributed by atoms with Crippen LogP contribution in [0.25, 0.3) is 0 Å². The monoisotopic (exact) mass is 341 g/mol. The van der Waals surface area contributed by atoms with Crippen LogP contribution < -0.4 is 10.5 Å². The standard InChI is InChI=1S/C12H12BrN3O2S/c1-8-2-4-10(7-15-8)16-19(17,18)12-5-3-9(14)6-11(12)13/h2-7,16H,14H2,1H3. The molecule has 0 saturated carbocycles. The van der Waals surface area contributed by atoms with E-state index >= 15 is 0 Å². The van der Waals surface area contributed by atoms with Gasteiger partial charge >= 0.3 is 0 Å². The molecule has 100 valence electrons. The van der Waals surface area contributed by atoms with Crippen molar-refractivity contribution in [2.75, 3.05) is 10.5 Å². The first-order valence-electron chi connectivity index (χ1n) is 5.39. The predicted octanol–water partition coefficient (Wildman–Crippen LogP) is 2.54. The lowest BCUT2D eigenvalue weighted by molar-refractivity contribution is 0.601. The fourth-order valence-corrected chi connectivity index (χ4v) is 3.61. The highest BCUT2D eigenvalue weighted by atomic mass is 79.9. The number of anilines is 2. The van der Waals surface area contributed by atoms with E-state index in [9.17, 15) is 8.42 Å². The average Bonchev–Trinajstić information content (AvgIpc) is 2.31. The molecule has 7 heteroatoms. The third kappa shape index (κ3) is 3.24. The van der Waals surface area contributed by atoms with Crippen LogP contribution in [0.2, 0.25) is 0 Å². The van der Waals surface area contributed by atoms with Crippen molar-refractivity contribution in [3.63, 3.8) is 0 Å². The van der Waals surface area contributed by atoms with E-state index in [-0.39, 0.29) is 4.90 Å². The maximum atomic E-state index is 12.2. The fourth-order valence-electron chi connectivity index (χ4n) is 1.47. The topological polar surface area (TPSA) is 85.1 Å². The summed E-state index contributed by atoms with van der Waals surface area (Å²) >= 11 is 3.19. The highest BCUT2D eigenvalue weighted by molar-refractivity contribution is 9.10. The van der Waals surface area contributed by atoms with Gasteiger partial charge in [-0.05, 0) is 53.2 Å². The quantitative estimate of drug-likeness (QED) is 0.840. The number of pyridine rings is 1. The van der Waals surface area contributed by atoms with Crippen LogP contribution in [0.1, 0.15) is 5.69 Å². The molecule has 0 fully saturated rings. The van der Waals surface area contributed by atoms with Crippen molar-refractivity contribution in [1.29, 1.82) is 0 Å². The number of sulfonamides is 1. The second-order valence-electron chi connectivity index (χ2n) is 3.98. The van der Waals surface area contributed by atoms with Gasteiger partial charge in [0.15, 0.2) is 0 Å². The molecule has 0 aliphatic heterocycles. The van der Waals surface area contributed by atoms with E-state index in [1.165, 1.54) is 18.3 Å². The summed E-state index contributed by atoms with van der Waals surface area (Å²) in [5, 5.41) is 0. The normalized spacial score (nSPS) is 11.3. The number of rotatable bonds is 3. The van der Waals surface area contributed by atoms with E-state index < -0.39 is 10.0 Å². The van der Waals surface area contributed by atoms with Crippen molar-refractivity contribution in [3.05, 3.63) is 46.7 Å². The van der Waals surface area contributed by atoms with Gasteiger partial charge in [-0.25, -0.2) is 8.42 Å². The van der Waals surface area contributed by atoms with Crippen molar-refractivity contribution >= 4 is 37.3 Å². The van der Waals surface area contributed by atoms with E-state index in [0.717, 1.165) is 5.69 Å². The van der Waals surface area contributed by atoms with E-state index in [2.05, 4.69) is 25.6 Å². The number of aromatic nitrogens is 1. The fraction of sp³-hybridized carbons (Fsp3) is 0.0833. The largest absolute Gasteiger partial charge is 0.399 e. The van der Waals surface area contributed by atoms with Gasteiger partial charge in [-0.1, -0.05) is 0 Å². The van der Waals surface area contributed by atoms with E-state index in [1.54, 1.807) is 18.2 Å². The molecule has 1 aromatic carbocycles. The Morgan fingerprint density at radius 2 is 2.00 bits per heavy atom. The van der Waals surface area contributed by atoms with E-state index in [1.807, 2.05) is 6.92 Å². The molecule has 3 N–H and O–H groups in total. The zero-order chi connectivity index (χ0) is 14.0. The Balaban J connectivity index is 2.35. The minimum absolute atomic E-state index is 0.127. The molecule has 0 saturated heterocycles. The van der Waals surface area contributed by atoms with Crippen LogP contribution in [0.5, 0.6) is 0 Å². The summed E-state index contributed by atoms with van der Waals surface area (Å²) in [5.74, 6) is 0. The first kappa shape index (κ1) is 13.8. The maximum Gasteiger partial charge on any atom is 0.263 e. The number of nitrogen functional groups attached to an aromatic ring is 1. The van der Waals surface area contributed by atoms with Gasteiger partial charge in [0, 0.05) is 15.9 Å². The van der Waals surface area contributed by atoms with Gasteiger partial charge in [-0.2, -0.15) is 0 Å². The summed E-state index contributed by atoms with van der Waals surface area (Å²) in [6.07, 6.45) is 1.47. The molecule has 5 nitrogen and oxygen atoms in total. The third-order valence-electron chi connectivity index (χ3n) is 2.41. The molecule has 1 aromatic heterocycles. The van der Waals surface area contributed by atoms with Crippen LogP contribution in [0, 0.1) is 6.92 Å². The summed E-state index contributed by atoms with van der Waals surface area (Å²) < 4.78 is 27.3. The molecule has 1 heterocycles. The summed E-state index contributed by atoms with van der Waals surface area (Å²) in [5.41, 5.74) is 7.30. The van der Waals surface area contributed by atoms with E-state index in [0.29, 0.717) is 15.8 Å². The number of hydrogen-bond donors (Lipinski definition) is 2. The highest BCUT2D eigenvalue weighted by Gasteiger charge is 2.17. The zero-order valence-corrected chi connectivity index (χ0v) is 12.5. The number of hydrogen-bond acceptors (Lipinski definition) is 4. The van der Waals surface area contributed by atoms with E-state index in [4.69, 9.17) is 5.73 Å². The SMILES string of the molecule is Cc1ccc(NS(=O)(=O)c2ccc(N)cc2Br)cn1. The molecule has 0 atom stereocenters. The van der Waals surface area contributed by atoms with Gasteiger partial charge < -0.3 is 5.73 Å². The van der Waals surface area contributed by atoms with Crippen molar-refractivity contribution < 1.29 is 8.42 Å². The van der Waals surface area contributed by atoms with Crippen molar-refractivity contribution in [1.82, 2.24) is 4.98 Å². The molecule has 2 aromatic rings. The minimum Gasteiger partial charge on any atom is -0.399 e. The van der Waals surface area contributed by atoms with Crippen LogP contribution >= 0.6 is 15.9 Å².